The molecule has 4 rings (SSSR count). The lowest BCUT2D eigenvalue weighted by atomic mass is 10.1. The Morgan fingerprint density at radius 1 is 1.07 bits per heavy atom. The van der Waals surface area contributed by atoms with Gasteiger partial charge in [-0.3, -0.25) is 4.79 Å². The molecule has 2 aliphatic heterocycles. The van der Waals surface area contributed by atoms with Crippen LogP contribution in [-0.2, 0) is 4.74 Å². The first-order valence-corrected chi connectivity index (χ1v) is 8.54. The molecule has 28 heavy (non-hydrogen) atoms. The average Bonchev–Trinajstić information content (AvgIpc) is 3.03. The molecule has 0 N–H and O–H groups in total. The minimum atomic E-state index is -0.635. The fraction of sp³-hybridized carbons (Fsp3) is 0.0952. The Labute approximate surface area is 159 Å². The van der Waals surface area contributed by atoms with Crippen LogP contribution in [-0.4, -0.2) is 27.4 Å². The number of benzene rings is 2. The van der Waals surface area contributed by atoms with Gasteiger partial charge in [-0.15, -0.1) is 0 Å². The molecule has 2 heterocycles. The van der Waals surface area contributed by atoms with Crippen molar-refractivity contribution in [1.29, 1.82) is 0 Å². The van der Waals surface area contributed by atoms with E-state index in [0.717, 1.165) is 5.56 Å². The summed E-state index contributed by atoms with van der Waals surface area (Å²) in [5.41, 5.74) is 2.23. The van der Waals surface area contributed by atoms with Gasteiger partial charge in [0.2, 0.25) is 0 Å². The Kier molecular flexibility index (Phi) is 4.27. The number of hydrogen-bond acceptors (Lipinski definition) is 4. The van der Waals surface area contributed by atoms with Crippen LogP contribution in [0.2, 0.25) is 0 Å². The minimum Gasteiger partial charge on any atom is -0.465 e. The van der Waals surface area contributed by atoms with Gasteiger partial charge in [0.25, 0.3) is 5.56 Å². The molecule has 2 aromatic rings. The third-order valence-corrected chi connectivity index (χ3v) is 4.43. The highest BCUT2D eigenvalue weighted by Crippen LogP contribution is 2.25. The molecule has 2 aliphatic rings. The van der Waals surface area contributed by atoms with Crippen molar-refractivity contribution in [2.24, 2.45) is 0 Å². The zero-order chi connectivity index (χ0) is 19.8. The van der Waals surface area contributed by atoms with Crippen LogP contribution < -0.4 is 5.56 Å². The SMILES string of the molecule is COC(=O)c1cn(-c2cccc(F)c2)cc2c(=O)n(-c3cccc(C)c3)nc1-2. The monoisotopic (exact) mass is 377 g/mol. The van der Waals surface area contributed by atoms with Crippen molar-refractivity contribution in [3.05, 3.63) is 88.2 Å². The number of halogens is 1. The summed E-state index contributed by atoms with van der Waals surface area (Å²) in [5.74, 6) is -1.06. The van der Waals surface area contributed by atoms with E-state index in [-0.39, 0.29) is 22.4 Å². The Balaban J connectivity index is 2.01. The summed E-state index contributed by atoms with van der Waals surface area (Å²) in [5, 5.41) is 4.36. The highest BCUT2D eigenvalue weighted by molar-refractivity contribution is 5.96. The fourth-order valence-electron chi connectivity index (χ4n) is 3.09. The predicted molar refractivity (Wildman–Crippen MR) is 102 cm³/mol. The van der Waals surface area contributed by atoms with Gasteiger partial charge in [-0.2, -0.15) is 9.78 Å². The number of nitrogens with zero attached hydrogens (tertiary/aromatic N) is 3. The van der Waals surface area contributed by atoms with Gasteiger partial charge >= 0.3 is 5.97 Å². The molecule has 6 nitrogen and oxygen atoms in total. The van der Waals surface area contributed by atoms with Gasteiger partial charge in [0.1, 0.15) is 17.1 Å². The Bertz CT molecular complexity index is 1230. The van der Waals surface area contributed by atoms with Gasteiger partial charge in [0.05, 0.1) is 18.4 Å². The fourth-order valence-corrected chi connectivity index (χ4v) is 3.09. The van der Waals surface area contributed by atoms with E-state index in [1.165, 1.54) is 40.9 Å². The van der Waals surface area contributed by atoms with E-state index in [9.17, 15) is 14.0 Å². The lowest BCUT2D eigenvalue weighted by Crippen LogP contribution is -2.15. The maximum Gasteiger partial charge on any atom is 0.341 e. The third-order valence-electron chi connectivity index (χ3n) is 4.43. The summed E-state index contributed by atoms with van der Waals surface area (Å²) in [4.78, 5) is 25.3. The number of esters is 1. The lowest BCUT2D eigenvalue weighted by Gasteiger charge is -2.11. The summed E-state index contributed by atoms with van der Waals surface area (Å²) >= 11 is 0. The first-order chi connectivity index (χ1) is 13.5. The molecule has 0 saturated carbocycles. The van der Waals surface area contributed by atoms with Gasteiger partial charge in [0, 0.05) is 18.1 Å². The largest absolute Gasteiger partial charge is 0.465 e. The number of ether oxygens (including phenoxy) is 1. The number of pyridine rings is 1. The molecule has 0 unspecified atom stereocenters. The predicted octanol–water partition coefficient (Wildman–Crippen LogP) is 3.36. The maximum absolute atomic E-state index is 13.7. The molecule has 140 valence electrons. The van der Waals surface area contributed by atoms with Crippen molar-refractivity contribution in [1.82, 2.24) is 14.3 Å². The second-order valence-electron chi connectivity index (χ2n) is 6.37. The topological polar surface area (TPSA) is 66.1 Å². The number of aromatic nitrogens is 3. The number of methoxy groups -OCH3 is 1. The molecule has 0 aliphatic carbocycles. The zero-order valence-electron chi connectivity index (χ0n) is 15.2. The molecule has 0 spiro atoms. The maximum atomic E-state index is 13.7. The molecule has 0 aromatic heterocycles. The Morgan fingerprint density at radius 3 is 2.54 bits per heavy atom. The van der Waals surface area contributed by atoms with Crippen LogP contribution in [0.25, 0.3) is 22.6 Å². The Morgan fingerprint density at radius 2 is 1.82 bits per heavy atom. The number of aryl methyl sites for hydroxylation is 1. The van der Waals surface area contributed by atoms with Gasteiger partial charge in [-0.25, -0.2) is 9.18 Å². The normalized spacial score (nSPS) is 11.0. The van der Waals surface area contributed by atoms with Crippen molar-refractivity contribution in [2.75, 3.05) is 7.11 Å². The summed E-state index contributed by atoms with van der Waals surface area (Å²) < 4.78 is 21.3. The van der Waals surface area contributed by atoms with E-state index in [4.69, 9.17) is 4.74 Å². The Hall–Kier alpha value is -3.74. The summed E-state index contributed by atoms with van der Waals surface area (Å²) in [6.07, 6.45) is 3.02. The van der Waals surface area contributed by atoms with E-state index in [1.54, 1.807) is 18.2 Å². The highest BCUT2D eigenvalue weighted by atomic mass is 19.1. The second kappa shape index (κ2) is 6.77. The van der Waals surface area contributed by atoms with E-state index in [1.807, 2.05) is 25.1 Å². The minimum absolute atomic E-state index is 0.118. The molecular weight excluding hydrogens is 361 g/mol. The smallest absolute Gasteiger partial charge is 0.341 e. The third kappa shape index (κ3) is 2.96. The molecule has 0 bridgehead atoms. The van der Waals surface area contributed by atoms with Crippen LogP contribution in [0.4, 0.5) is 4.39 Å². The van der Waals surface area contributed by atoms with Gasteiger partial charge in [-0.1, -0.05) is 18.2 Å². The van der Waals surface area contributed by atoms with Crippen LogP contribution in [0.3, 0.4) is 0 Å². The van der Waals surface area contributed by atoms with E-state index < -0.39 is 11.8 Å². The summed E-state index contributed by atoms with van der Waals surface area (Å²) in [7, 11) is 1.25. The van der Waals surface area contributed by atoms with Gasteiger partial charge < -0.3 is 9.30 Å². The van der Waals surface area contributed by atoms with Crippen molar-refractivity contribution >= 4 is 5.97 Å². The first-order valence-electron chi connectivity index (χ1n) is 8.54. The zero-order valence-corrected chi connectivity index (χ0v) is 15.2. The first kappa shape index (κ1) is 17.7. The van der Waals surface area contributed by atoms with Crippen LogP contribution >= 0.6 is 0 Å². The number of carbonyl (C=O) groups is 1. The molecule has 0 radical (unpaired) electrons. The van der Waals surface area contributed by atoms with Gasteiger partial charge in [0.15, 0.2) is 0 Å². The van der Waals surface area contributed by atoms with Crippen LogP contribution in [0.1, 0.15) is 15.9 Å². The van der Waals surface area contributed by atoms with E-state index in [0.29, 0.717) is 11.4 Å². The second-order valence-corrected chi connectivity index (χ2v) is 6.37. The van der Waals surface area contributed by atoms with Crippen molar-refractivity contribution in [2.45, 2.75) is 6.92 Å². The van der Waals surface area contributed by atoms with Crippen LogP contribution in [0.5, 0.6) is 0 Å². The van der Waals surface area contributed by atoms with E-state index >= 15 is 0 Å². The number of rotatable bonds is 3. The average molecular weight is 377 g/mol. The molecule has 0 amide bonds. The molecular formula is C21H16FN3O3. The van der Waals surface area contributed by atoms with Crippen LogP contribution in [0, 0.1) is 12.7 Å². The summed E-state index contributed by atoms with van der Waals surface area (Å²) in [6.45, 7) is 1.91. The van der Waals surface area contributed by atoms with E-state index in [2.05, 4.69) is 5.10 Å². The summed E-state index contributed by atoms with van der Waals surface area (Å²) in [6, 6.07) is 13.2. The molecule has 0 saturated heterocycles. The number of fused-ring (bicyclic) bond motifs is 1. The quantitative estimate of drug-likeness (QED) is 0.514. The van der Waals surface area contributed by atoms with Crippen LogP contribution in [0.15, 0.2) is 65.7 Å². The molecule has 7 heteroatoms. The molecule has 2 aromatic carbocycles. The van der Waals surface area contributed by atoms with Gasteiger partial charge in [-0.05, 0) is 42.8 Å². The molecule has 0 fully saturated rings. The lowest BCUT2D eigenvalue weighted by molar-refractivity contribution is 0.0600. The van der Waals surface area contributed by atoms with Crippen molar-refractivity contribution in [3.8, 4) is 22.6 Å². The standard InChI is InChI=1S/C21H16FN3O3/c1-13-5-3-8-16(9-13)25-20(26)17-11-24(15-7-4-6-14(22)10-15)12-18(19(17)23-25)21(27)28-2/h3-12H,1-2H3. The highest BCUT2D eigenvalue weighted by Gasteiger charge is 2.25. The number of carbonyl (C=O) groups excluding carboxylic acids is 1. The molecule has 0 atom stereocenters. The number of hydrogen-bond donors (Lipinski definition) is 0. The van der Waals surface area contributed by atoms with Crippen molar-refractivity contribution < 1.29 is 13.9 Å². The van der Waals surface area contributed by atoms with Crippen molar-refractivity contribution in [3.63, 3.8) is 0 Å².